The highest BCUT2D eigenvalue weighted by Crippen LogP contribution is 2.41. The third-order valence-electron chi connectivity index (χ3n) is 11.6. The Kier molecular flexibility index (Phi) is 8.98. The molecule has 9 aromatic carbocycles. The first-order chi connectivity index (χ1) is 30.3. The number of aromatic nitrogens is 1. The van der Waals surface area contributed by atoms with E-state index in [2.05, 4.69) is 126 Å². The first-order valence-electron chi connectivity index (χ1n) is 20.0. The Labute approximate surface area is 356 Å². The van der Waals surface area contributed by atoms with E-state index in [4.69, 9.17) is 0 Å². The predicted octanol–water partition coefficient (Wildman–Crippen LogP) is 16.3. The molecule has 0 aliphatic carbocycles. The van der Waals surface area contributed by atoms with Gasteiger partial charge in [-0.05, 0) is 107 Å². The molecule has 2 heterocycles. The molecule has 0 spiro atoms. The van der Waals surface area contributed by atoms with Crippen LogP contribution in [0.3, 0.4) is 0 Å². The summed E-state index contributed by atoms with van der Waals surface area (Å²) in [6.45, 7) is 0. The van der Waals surface area contributed by atoms with Crippen molar-refractivity contribution >= 4 is 70.4 Å². The lowest BCUT2D eigenvalue weighted by Crippen LogP contribution is -2.10. The van der Waals surface area contributed by atoms with Crippen molar-refractivity contribution in [3.05, 3.63) is 217 Å². The predicted molar refractivity (Wildman–Crippen MR) is 244 cm³/mol. The Morgan fingerprint density at radius 3 is 1.45 bits per heavy atom. The molecule has 0 atom stereocenters. The molecule has 0 unspecified atom stereocenters. The zero-order valence-corrected chi connectivity index (χ0v) is 33.4. The molecule has 298 valence electrons. The van der Waals surface area contributed by atoms with E-state index in [0.29, 0.717) is 5.69 Å². The van der Waals surface area contributed by atoms with Crippen LogP contribution in [-0.2, 0) is 0 Å². The number of halogens is 5. The summed E-state index contributed by atoms with van der Waals surface area (Å²) in [5.74, 6) is -9.93. The summed E-state index contributed by atoms with van der Waals surface area (Å²) < 4.78 is 76.8. The topological polar surface area (TPSA) is 8.17 Å². The fraction of sp³-hybridized carbons (Fsp3) is 0. The number of benzene rings is 9. The summed E-state index contributed by atoms with van der Waals surface area (Å²) in [5, 5.41) is 4.73. The Morgan fingerprint density at radius 1 is 0.339 bits per heavy atom. The first-order valence-corrected chi connectivity index (χ1v) is 20.8. The van der Waals surface area contributed by atoms with Gasteiger partial charge in [-0.2, -0.15) is 0 Å². The number of rotatable bonds is 7. The molecule has 2 aromatic heterocycles. The molecule has 11 aromatic rings. The van der Waals surface area contributed by atoms with Crippen LogP contribution < -0.4 is 4.90 Å². The average Bonchev–Trinajstić information content (AvgIpc) is 3.87. The van der Waals surface area contributed by atoms with Gasteiger partial charge in [-0.3, -0.25) is 0 Å². The SMILES string of the molecule is Fc1c(F)c(F)c(-c2ccc(N(c3ccc(-c4ccc5c(c4)sc4ccccc45)cc3)c3ccc(-c4ccc5c(c4)c4ccccc4n5-c4ccccc4)cc3)cc2)c(F)c1F. The quantitative estimate of drug-likeness (QED) is 0.0882. The molecule has 0 bridgehead atoms. The van der Waals surface area contributed by atoms with Crippen LogP contribution in [0.2, 0.25) is 0 Å². The molecular formula is C54H31F5N2S. The van der Waals surface area contributed by atoms with Gasteiger partial charge in [0.25, 0.3) is 0 Å². The van der Waals surface area contributed by atoms with Gasteiger partial charge in [0.05, 0.1) is 16.6 Å². The van der Waals surface area contributed by atoms with Crippen molar-refractivity contribution in [3.8, 4) is 39.1 Å². The maximum Gasteiger partial charge on any atom is 0.200 e. The maximum absolute atomic E-state index is 14.9. The lowest BCUT2D eigenvalue weighted by atomic mass is 10.0. The summed E-state index contributed by atoms with van der Waals surface area (Å²) in [6, 6.07) is 62.3. The third-order valence-corrected chi connectivity index (χ3v) is 12.7. The standard InChI is InChI=1S/C54H31F5N2S/c55-50-49(51(56)53(58)54(59)52(50)57)34-18-26-40(27-19-34)60(39-24-16-33(17-25-39)36-20-28-43-42-11-5-7-13-47(42)62-48(43)31-36)38-22-14-32(15-23-38)35-21-29-46-44(30-35)41-10-4-6-12-45(41)61(46)37-8-2-1-3-9-37/h1-31H. The maximum atomic E-state index is 14.9. The zero-order valence-electron chi connectivity index (χ0n) is 32.6. The lowest BCUT2D eigenvalue weighted by Gasteiger charge is -2.26. The van der Waals surface area contributed by atoms with Crippen LogP contribution >= 0.6 is 11.3 Å². The zero-order chi connectivity index (χ0) is 42.1. The molecule has 0 N–H and O–H groups in total. The van der Waals surface area contributed by atoms with Gasteiger partial charge in [-0.15, -0.1) is 11.3 Å². The van der Waals surface area contributed by atoms with E-state index in [1.165, 1.54) is 32.3 Å². The number of thiophene rings is 1. The number of anilines is 3. The third kappa shape index (κ3) is 6.13. The Balaban J connectivity index is 0.982. The van der Waals surface area contributed by atoms with Crippen molar-refractivity contribution in [1.29, 1.82) is 0 Å². The van der Waals surface area contributed by atoms with Crippen LogP contribution in [0.5, 0.6) is 0 Å². The number of hydrogen-bond donors (Lipinski definition) is 0. The molecule has 11 rings (SSSR count). The van der Waals surface area contributed by atoms with Crippen molar-refractivity contribution in [1.82, 2.24) is 4.57 Å². The molecule has 0 fully saturated rings. The van der Waals surface area contributed by atoms with Crippen LogP contribution in [-0.4, -0.2) is 4.57 Å². The number of para-hydroxylation sites is 2. The summed E-state index contributed by atoms with van der Waals surface area (Å²) in [5.41, 5.74) is 8.51. The molecule has 0 aliphatic rings. The van der Waals surface area contributed by atoms with E-state index in [-0.39, 0.29) is 5.56 Å². The van der Waals surface area contributed by atoms with Crippen molar-refractivity contribution in [2.24, 2.45) is 0 Å². The Hall–Kier alpha value is -7.55. The Morgan fingerprint density at radius 2 is 0.806 bits per heavy atom. The van der Waals surface area contributed by atoms with Gasteiger partial charge in [-0.25, -0.2) is 22.0 Å². The van der Waals surface area contributed by atoms with Crippen LogP contribution in [0.25, 0.3) is 81.0 Å². The van der Waals surface area contributed by atoms with Crippen LogP contribution in [0, 0.1) is 29.1 Å². The lowest BCUT2D eigenvalue weighted by molar-refractivity contribution is 0.381. The summed E-state index contributed by atoms with van der Waals surface area (Å²) in [4.78, 5) is 1.99. The monoisotopic (exact) mass is 834 g/mol. The van der Waals surface area contributed by atoms with Gasteiger partial charge in [0, 0.05) is 53.7 Å². The minimum absolute atomic E-state index is 0.146. The highest BCUT2D eigenvalue weighted by molar-refractivity contribution is 7.25. The molecule has 0 saturated heterocycles. The average molecular weight is 835 g/mol. The van der Waals surface area contributed by atoms with Crippen molar-refractivity contribution in [3.63, 3.8) is 0 Å². The molecule has 2 nitrogen and oxygen atoms in total. The molecule has 8 heteroatoms. The largest absolute Gasteiger partial charge is 0.311 e. The van der Waals surface area contributed by atoms with E-state index >= 15 is 0 Å². The second kappa shape index (κ2) is 14.9. The molecule has 0 amide bonds. The minimum Gasteiger partial charge on any atom is -0.311 e. The number of nitrogens with zero attached hydrogens (tertiary/aromatic N) is 2. The summed E-state index contributed by atoms with van der Waals surface area (Å²) in [7, 11) is 0. The second-order valence-corrected chi connectivity index (χ2v) is 16.2. The van der Waals surface area contributed by atoms with Crippen molar-refractivity contribution < 1.29 is 22.0 Å². The van der Waals surface area contributed by atoms with Crippen molar-refractivity contribution in [2.45, 2.75) is 0 Å². The molecular weight excluding hydrogens is 804 g/mol. The fourth-order valence-electron chi connectivity index (χ4n) is 8.60. The molecule has 0 saturated carbocycles. The normalized spacial score (nSPS) is 11.6. The van der Waals surface area contributed by atoms with Gasteiger partial charge in [0.1, 0.15) is 0 Å². The van der Waals surface area contributed by atoms with E-state index in [1.54, 1.807) is 23.5 Å². The molecule has 0 radical (unpaired) electrons. The van der Waals surface area contributed by atoms with Crippen molar-refractivity contribution in [2.75, 3.05) is 4.90 Å². The van der Waals surface area contributed by atoms with E-state index in [9.17, 15) is 22.0 Å². The van der Waals surface area contributed by atoms with E-state index in [1.807, 2.05) is 47.4 Å². The van der Waals surface area contributed by atoms with Crippen LogP contribution in [0.15, 0.2) is 188 Å². The number of hydrogen-bond acceptors (Lipinski definition) is 2. The van der Waals surface area contributed by atoms with Gasteiger partial charge >= 0.3 is 0 Å². The summed E-state index contributed by atoms with van der Waals surface area (Å²) in [6.07, 6.45) is 0. The fourth-order valence-corrected chi connectivity index (χ4v) is 9.75. The van der Waals surface area contributed by atoms with E-state index < -0.39 is 34.6 Å². The summed E-state index contributed by atoms with van der Waals surface area (Å²) >= 11 is 1.76. The highest BCUT2D eigenvalue weighted by Gasteiger charge is 2.27. The Bertz CT molecular complexity index is 3480. The molecule has 0 aliphatic heterocycles. The minimum atomic E-state index is -2.19. The van der Waals surface area contributed by atoms with Gasteiger partial charge in [0.2, 0.25) is 5.82 Å². The second-order valence-electron chi connectivity index (χ2n) is 15.2. The number of fused-ring (bicyclic) bond motifs is 6. The molecule has 62 heavy (non-hydrogen) atoms. The smallest absolute Gasteiger partial charge is 0.200 e. The van der Waals surface area contributed by atoms with Gasteiger partial charge in [-0.1, -0.05) is 109 Å². The van der Waals surface area contributed by atoms with Crippen LogP contribution in [0.1, 0.15) is 0 Å². The highest BCUT2D eigenvalue weighted by atomic mass is 32.1. The van der Waals surface area contributed by atoms with Crippen LogP contribution in [0.4, 0.5) is 39.0 Å². The van der Waals surface area contributed by atoms with Gasteiger partial charge in [0.15, 0.2) is 23.3 Å². The van der Waals surface area contributed by atoms with E-state index in [0.717, 1.165) is 61.1 Å². The van der Waals surface area contributed by atoms with Gasteiger partial charge < -0.3 is 9.47 Å². The first kappa shape index (κ1) is 37.4.